The van der Waals surface area contributed by atoms with Crippen LogP contribution in [0.3, 0.4) is 0 Å². The molecule has 0 atom stereocenters. The van der Waals surface area contributed by atoms with Crippen LogP contribution in [-0.2, 0) is 11.2 Å². The Labute approximate surface area is 108 Å². The summed E-state index contributed by atoms with van der Waals surface area (Å²) in [7, 11) is 0. The predicted molar refractivity (Wildman–Crippen MR) is 68.0 cm³/mol. The van der Waals surface area contributed by atoms with Gasteiger partial charge >= 0.3 is 0 Å². The summed E-state index contributed by atoms with van der Waals surface area (Å²) in [5.41, 5.74) is 0.441. The maximum absolute atomic E-state index is 11.1. The molecule has 1 fully saturated rings. The van der Waals surface area contributed by atoms with Crippen LogP contribution >= 0.6 is 15.9 Å². The third kappa shape index (κ3) is 2.79. The van der Waals surface area contributed by atoms with Crippen LogP contribution in [0.25, 0.3) is 0 Å². The van der Waals surface area contributed by atoms with Crippen LogP contribution in [0, 0.1) is 0 Å². The lowest BCUT2D eigenvalue weighted by Gasteiger charge is -2.16. The van der Waals surface area contributed by atoms with Gasteiger partial charge in [-0.3, -0.25) is 4.79 Å². The minimum Gasteiger partial charge on any atom is -0.506 e. The molecule has 1 aliphatic carbocycles. The summed E-state index contributed by atoms with van der Waals surface area (Å²) >= 11 is 3.38. The minimum absolute atomic E-state index is 0.0163. The molecule has 1 saturated carbocycles. The number of benzene rings is 1. The zero-order chi connectivity index (χ0) is 12.6. The zero-order valence-corrected chi connectivity index (χ0v) is 11.0. The topological polar surface area (TPSA) is 69.6 Å². The van der Waals surface area contributed by atoms with E-state index in [4.69, 9.17) is 0 Å². The van der Waals surface area contributed by atoms with Crippen LogP contribution in [-0.4, -0.2) is 21.7 Å². The lowest BCUT2D eigenvalue weighted by Crippen LogP contribution is -2.15. The van der Waals surface area contributed by atoms with Crippen molar-refractivity contribution in [3.05, 3.63) is 22.2 Å². The van der Waals surface area contributed by atoms with Gasteiger partial charge in [-0.2, -0.15) is 0 Å². The Bertz CT molecular complexity index is 469. The summed E-state index contributed by atoms with van der Waals surface area (Å²) in [4.78, 5) is 11.1. The SMILES string of the molecule is CC(=O)Nc1c(O)ccc(Br)c1CC1(O)CC1. The van der Waals surface area contributed by atoms with E-state index in [0.717, 1.165) is 22.9 Å². The second-order valence-electron chi connectivity index (χ2n) is 4.50. The third-order valence-electron chi connectivity index (χ3n) is 2.87. The number of halogens is 1. The Morgan fingerprint density at radius 3 is 2.71 bits per heavy atom. The molecule has 1 aromatic rings. The molecule has 0 aromatic heterocycles. The molecule has 1 amide bonds. The Hall–Kier alpha value is -1.07. The van der Waals surface area contributed by atoms with Crippen molar-refractivity contribution in [1.82, 2.24) is 0 Å². The monoisotopic (exact) mass is 299 g/mol. The first kappa shape index (κ1) is 12.4. The average molecular weight is 300 g/mol. The van der Waals surface area contributed by atoms with Crippen molar-refractivity contribution in [1.29, 1.82) is 0 Å². The van der Waals surface area contributed by atoms with Gasteiger partial charge in [0.05, 0.1) is 11.3 Å². The number of anilines is 1. The average Bonchev–Trinajstić information content (AvgIpc) is 2.95. The van der Waals surface area contributed by atoms with E-state index in [1.807, 2.05) is 0 Å². The number of nitrogens with one attached hydrogen (secondary N) is 1. The maximum atomic E-state index is 11.1. The van der Waals surface area contributed by atoms with Crippen molar-refractivity contribution in [3.63, 3.8) is 0 Å². The van der Waals surface area contributed by atoms with E-state index >= 15 is 0 Å². The summed E-state index contributed by atoms with van der Waals surface area (Å²) in [5.74, 6) is -0.231. The lowest BCUT2D eigenvalue weighted by molar-refractivity contribution is -0.114. The molecule has 0 heterocycles. The fourth-order valence-corrected chi connectivity index (χ4v) is 2.22. The molecule has 0 radical (unpaired) electrons. The number of rotatable bonds is 3. The van der Waals surface area contributed by atoms with Crippen molar-refractivity contribution >= 4 is 27.5 Å². The third-order valence-corrected chi connectivity index (χ3v) is 3.61. The lowest BCUT2D eigenvalue weighted by atomic mass is 10.0. The van der Waals surface area contributed by atoms with Gasteiger partial charge in [-0.15, -0.1) is 0 Å². The number of phenols is 1. The number of aromatic hydroxyl groups is 1. The van der Waals surface area contributed by atoms with Crippen LogP contribution < -0.4 is 5.32 Å². The van der Waals surface area contributed by atoms with Crippen molar-refractivity contribution < 1.29 is 15.0 Å². The number of phenolic OH excluding ortho intramolecular Hbond substituents is 1. The molecule has 17 heavy (non-hydrogen) atoms. The summed E-state index contributed by atoms with van der Waals surface area (Å²) in [6.45, 7) is 1.38. The number of hydrogen-bond donors (Lipinski definition) is 3. The fraction of sp³-hybridized carbons (Fsp3) is 0.417. The van der Waals surface area contributed by atoms with Crippen molar-refractivity contribution in [2.75, 3.05) is 5.32 Å². The molecule has 0 unspecified atom stereocenters. The first-order chi connectivity index (χ1) is 7.91. The molecule has 3 N–H and O–H groups in total. The maximum Gasteiger partial charge on any atom is 0.221 e. The molecular formula is C12H14BrNO3. The fourth-order valence-electron chi connectivity index (χ4n) is 1.75. The molecule has 1 aromatic carbocycles. The van der Waals surface area contributed by atoms with Crippen molar-refractivity contribution in [3.8, 4) is 5.75 Å². The van der Waals surface area contributed by atoms with E-state index in [-0.39, 0.29) is 11.7 Å². The summed E-state index contributed by atoms with van der Waals surface area (Å²) < 4.78 is 0.777. The molecule has 1 aliphatic rings. The smallest absolute Gasteiger partial charge is 0.221 e. The van der Waals surface area contributed by atoms with Crippen molar-refractivity contribution in [2.45, 2.75) is 31.8 Å². The highest BCUT2D eigenvalue weighted by atomic mass is 79.9. The van der Waals surface area contributed by atoms with Gasteiger partial charge in [0.25, 0.3) is 0 Å². The van der Waals surface area contributed by atoms with E-state index in [1.165, 1.54) is 13.0 Å². The highest BCUT2D eigenvalue weighted by molar-refractivity contribution is 9.10. The van der Waals surface area contributed by atoms with Gasteiger partial charge in [0, 0.05) is 17.8 Å². The highest BCUT2D eigenvalue weighted by Crippen LogP contribution is 2.43. The quantitative estimate of drug-likeness (QED) is 0.749. The van der Waals surface area contributed by atoms with Gasteiger partial charge < -0.3 is 15.5 Å². The molecule has 0 spiro atoms. The van der Waals surface area contributed by atoms with E-state index in [2.05, 4.69) is 21.2 Å². The van der Waals surface area contributed by atoms with Crippen LogP contribution in [0.5, 0.6) is 5.75 Å². The summed E-state index contributed by atoms with van der Waals surface area (Å²) in [6, 6.07) is 3.22. The number of hydrogen-bond acceptors (Lipinski definition) is 3. The Morgan fingerprint density at radius 1 is 1.53 bits per heavy atom. The standard InChI is InChI=1S/C12H14BrNO3/c1-7(15)14-11-8(6-12(17)4-5-12)9(13)2-3-10(11)16/h2-3,16-17H,4-6H2,1H3,(H,14,15). The predicted octanol–water partition coefficient (Wildman–Crippen LogP) is 2.18. The molecule has 5 heteroatoms. The Kier molecular flexibility index (Phi) is 3.14. The molecule has 0 saturated heterocycles. The molecule has 0 aliphatic heterocycles. The molecule has 0 bridgehead atoms. The summed E-state index contributed by atoms with van der Waals surface area (Å²) in [6.07, 6.45) is 1.95. The normalized spacial score (nSPS) is 16.6. The number of amides is 1. The van der Waals surface area contributed by atoms with E-state index < -0.39 is 5.60 Å². The molecular weight excluding hydrogens is 286 g/mol. The van der Waals surface area contributed by atoms with Gasteiger partial charge in [-0.1, -0.05) is 15.9 Å². The van der Waals surface area contributed by atoms with Gasteiger partial charge in [0.2, 0.25) is 5.91 Å². The Morgan fingerprint density at radius 2 is 2.18 bits per heavy atom. The molecule has 2 rings (SSSR count). The van der Waals surface area contributed by atoms with E-state index in [1.54, 1.807) is 6.07 Å². The largest absolute Gasteiger partial charge is 0.506 e. The highest BCUT2D eigenvalue weighted by Gasteiger charge is 2.41. The first-order valence-corrected chi connectivity index (χ1v) is 6.21. The molecule has 4 nitrogen and oxygen atoms in total. The second-order valence-corrected chi connectivity index (χ2v) is 5.36. The minimum atomic E-state index is -0.677. The van der Waals surface area contributed by atoms with Gasteiger partial charge in [0.15, 0.2) is 0 Å². The van der Waals surface area contributed by atoms with Gasteiger partial charge in [-0.05, 0) is 30.5 Å². The summed E-state index contributed by atoms with van der Waals surface area (Å²) in [5, 5.41) is 22.3. The van der Waals surface area contributed by atoms with Crippen LogP contribution in [0.1, 0.15) is 25.3 Å². The number of aliphatic hydroxyl groups is 1. The van der Waals surface area contributed by atoms with Gasteiger partial charge in [0.1, 0.15) is 5.75 Å². The van der Waals surface area contributed by atoms with Crippen LogP contribution in [0.4, 0.5) is 5.69 Å². The van der Waals surface area contributed by atoms with Crippen LogP contribution in [0.15, 0.2) is 16.6 Å². The van der Waals surface area contributed by atoms with E-state index in [9.17, 15) is 15.0 Å². The number of carbonyl (C=O) groups excluding carboxylic acids is 1. The van der Waals surface area contributed by atoms with E-state index in [0.29, 0.717) is 12.1 Å². The van der Waals surface area contributed by atoms with Crippen molar-refractivity contribution in [2.24, 2.45) is 0 Å². The second kappa shape index (κ2) is 4.31. The first-order valence-electron chi connectivity index (χ1n) is 5.42. The molecule has 92 valence electrons. The van der Waals surface area contributed by atoms with Gasteiger partial charge in [-0.25, -0.2) is 0 Å². The Balaban J connectivity index is 2.38. The van der Waals surface area contributed by atoms with Crippen LogP contribution in [0.2, 0.25) is 0 Å². The number of carbonyl (C=O) groups is 1. The zero-order valence-electron chi connectivity index (χ0n) is 9.46.